The third-order valence-corrected chi connectivity index (χ3v) is 5.39. The second kappa shape index (κ2) is 5.13. The molecule has 1 aliphatic rings. The van der Waals surface area contributed by atoms with Crippen molar-refractivity contribution >= 4 is 50.0 Å². The van der Waals surface area contributed by atoms with Crippen LogP contribution in [0, 0.1) is 0 Å². The summed E-state index contributed by atoms with van der Waals surface area (Å²) < 4.78 is 9.00. The van der Waals surface area contributed by atoms with Gasteiger partial charge in [-0.1, -0.05) is 24.3 Å². The summed E-state index contributed by atoms with van der Waals surface area (Å²) in [6, 6.07) is 2.17. The van der Waals surface area contributed by atoms with Gasteiger partial charge in [-0.2, -0.15) is 5.10 Å². The van der Waals surface area contributed by atoms with Crippen molar-refractivity contribution in [2.24, 2.45) is 0 Å². The average molecular weight is 319 g/mol. The van der Waals surface area contributed by atoms with Gasteiger partial charge in [-0.3, -0.25) is 0 Å². The summed E-state index contributed by atoms with van der Waals surface area (Å²) in [6.45, 7) is 4.67. The van der Waals surface area contributed by atoms with E-state index in [1.54, 1.807) is 11.3 Å². The molecule has 2 aromatic heterocycles. The largest absolute Gasteiger partial charge is 0.356 e. The lowest BCUT2D eigenvalue weighted by atomic mass is 10.1. The first kappa shape index (κ1) is 13.3. The maximum atomic E-state index is 6.62. The second-order valence-corrected chi connectivity index (χ2v) is 6.59. The highest BCUT2D eigenvalue weighted by Crippen LogP contribution is 2.39. The Morgan fingerprint density at radius 1 is 1.48 bits per heavy atom. The predicted molar refractivity (Wildman–Crippen MR) is 89.1 cm³/mol. The van der Waals surface area contributed by atoms with E-state index in [1.165, 1.54) is 11.1 Å². The fraction of sp³-hybridized carbons (Fsp3) is 0.312. The number of aromatic nitrogens is 2. The van der Waals surface area contributed by atoms with E-state index in [-0.39, 0.29) is 6.23 Å². The third kappa shape index (κ3) is 2.01. The van der Waals surface area contributed by atoms with Crippen LogP contribution in [0.2, 0.25) is 5.02 Å². The summed E-state index contributed by atoms with van der Waals surface area (Å²) in [5.41, 5.74) is 2.14. The highest BCUT2D eigenvalue weighted by atomic mass is 35.5. The van der Waals surface area contributed by atoms with Gasteiger partial charge < -0.3 is 4.74 Å². The molecule has 0 spiro atoms. The van der Waals surface area contributed by atoms with Crippen molar-refractivity contribution in [1.29, 1.82) is 0 Å². The van der Waals surface area contributed by atoms with Crippen molar-refractivity contribution in [3.8, 4) is 0 Å². The minimum Gasteiger partial charge on any atom is -0.356 e. The molecule has 0 aliphatic carbocycles. The van der Waals surface area contributed by atoms with Crippen LogP contribution in [0.5, 0.6) is 0 Å². The van der Waals surface area contributed by atoms with Crippen LogP contribution in [0.25, 0.3) is 27.1 Å². The molecule has 1 unspecified atom stereocenters. The summed E-state index contributed by atoms with van der Waals surface area (Å²) in [6.07, 6.45) is 7.05. The van der Waals surface area contributed by atoms with E-state index in [4.69, 9.17) is 16.3 Å². The van der Waals surface area contributed by atoms with Crippen LogP contribution >= 0.6 is 22.9 Å². The van der Waals surface area contributed by atoms with Crippen LogP contribution in [-0.2, 0) is 4.74 Å². The fourth-order valence-electron chi connectivity index (χ4n) is 2.97. The van der Waals surface area contributed by atoms with Gasteiger partial charge >= 0.3 is 0 Å². The van der Waals surface area contributed by atoms with Gasteiger partial charge in [0.2, 0.25) is 0 Å². The van der Waals surface area contributed by atoms with E-state index >= 15 is 0 Å². The topological polar surface area (TPSA) is 27.1 Å². The van der Waals surface area contributed by atoms with Crippen molar-refractivity contribution < 1.29 is 4.74 Å². The summed E-state index contributed by atoms with van der Waals surface area (Å²) in [7, 11) is 0. The van der Waals surface area contributed by atoms with Crippen LogP contribution in [0.15, 0.2) is 24.2 Å². The number of nitrogens with zero attached hydrogens (tertiary/aromatic N) is 2. The van der Waals surface area contributed by atoms with E-state index in [0.717, 1.165) is 46.3 Å². The van der Waals surface area contributed by atoms with Gasteiger partial charge in [0, 0.05) is 22.1 Å². The molecular weight excluding hydrogens is 304 g/mol. The SMILES string of the molecule is C=Cc1csc2cc3c(cnn3C3CCCCO3)c(Cl)c12. The van der Waals surface area contributed by atoms with Gasteiger partial charge in [0.1, 0.15) is 0 Å². The van der Waals surface area contributed by atoms with Crippen LogP contribution in [-0.4, -0.2) is 16.4 Å². The monoisotopic (exact) mass is 318 g/mol. The van der Waals surface area contributed by atoms with E-state index in [9.17, 15) is 0 Å². The molecular formula is C16H15ClN2OS. The lowest BCUT2D eigenvalue weighted by Gasteiger charge is -2.23. The number of ether oxygens (including phenoxy) is 1. The number of rotatable bonds is 2. The molecule has 1 aliphatic heterocycles. The standard InChI is InChI=1S/C16H15ClN2OS/c1-2-10-9-21-13-7-12-11(16(17)15(10)13)8-18-19(12)14-5-3-4-6-20-14/h2,7-9,14H,1,3-6H2. The van der Waals surface area contributed by atoms with Gasteiger partial charge in [0.05, 0.1) is 16.7 Å². The van der Waals surface area contributed by atoms with Crippen molar-refractivity contribution in [2.45, 2.75) is 25.5 Å². The Bertz CT molecular complexity index is 830. The van der Waals surface area contributed by atoms with Gasteiger partial charge in [0.25, 0.3) is 0 Å². The number of halogens is 1. The minimum absolute atomic E-state index is 0.0311. The van der Waals surface area contributed by atoms with Crippen molar-refractivity contribution in [2.75, 3.05) is 6.61 Å². The normalized spacial score (nSPS) is 19.4. The Kier molecular flexibility index (Phi) is 3.25. The lowest BCUT2D eigenvalue weighted by Crippen LogP contribution is -2.18. The highest BCUT2D eigenvalue weighted by Gasteiger charge is 2.21. The van der Waals surface area contributed by atoms with E-state index < -0.39 is 0 Å². The van der Waals surface area contributed by atoms with Crippen molar-refractivity contribution in [3.05, 3.63) is 34.8 Å². The molecule has 0 saturated carbocycles. The highest BCUT2D eigenvalue weighted by molar-refractivity contribution is 7.17. The maximum Gasteiger partial charge on any atom is 0.150 e. The molecule has 1 aromatic carbocycles. The van der Waals surface area contributed by atoms with E-state index in [0.29, 0.717) is 0 Å². The third-order valence-electron chi connectivity index (χ3n) is 4.05. The fourth-order valence-corrected chi connectivity index (χ4v) is 4.37. The smallest absolute Gasteiger partial charge is 0.150 e. The van der Waals surface area contributed by atoms with Crippen molar-refractivity contribution in [3.63, 3.8) is 0 Å². The molecule has 3 nitrogen and oxygen atoms in total. The molecule has 1 saturated heterocycles. The molecule has 5 heteroatoms. The molecule has 0 amide bonds. The molecule has 1 fully saturated rings. The Balaban J connectivity index is 1.95. The summed E-state index contributed by atoms with van der Waals surface area (Å²) in [5.74, 6) is 0. The summed E-state index contributed by atoms with van der Waals surface area (Å²) >= 11 is 8.31. The number of benzene rings is 1. The molecule has 108 valence electrons. The zero-order chi connectivity index (χ0) is 14.4. The zero-order valence-electron chi connectivity index (χ0n) is 11.5. The first-order valence-corrected chi connectivity index (χ1v) is 8.36. The molecule has 21 heavy (non-hydrogen) atoms. The second-order valence-electron chi connectivity index (χ2n) is 5.30. The summed E-state index contributed by atoms with van der Waals surface area (Å²) in [5, 5.41) is 9.45. The molecule has 3 heterocycles. The quantitative estimate of drug-likeness (QED) is 0.645. The van der Waals surface area contributed by atoms with Crippen LogP contribution < -0.4 is 0 Å². The maximum absolute atomic E-state index is 6.62. The Labute approximate surface area is 131 Å². The molecule has 0 radical (unpaired) electrons. The molecule has 0 N–H and O–H groups in total. The zero-order valence-corrected chi connectivity index (χ0v) is 13.1. The lowest BCUT2D eigenvalue weighted by molar-refractivity contribution is -0.0366. The number of hydrogen-bond acceptors (Lipinski definition) is 3. The minimum atomic E-state index is 0.0311. The van der Waals surface area contributed by atoms with Gasteiger partial charge in [0.15, 0.2) is 6.23 Å². The average Bonchev–Trinajstić information content (AvgIpc) is 3.12. The Hall–Kier alpha value is -1.36. The van der Waals surface area contributed by atoms with E-state index in [2.05, 4.69) is 23.1 Å². The number of thiophene rings is 1. The molecule has 4 rings (SSSR count). The predicted octanol–water partition coefficient (Wildman–Crippen LogP) is 5.25. The van der Waals surface area contributed by atoms with Crippen LogP contribution in [0.1, 0.15) is 31.1 Å². The number of hydrogen-bond donors (Lipinski definition) is 0. The molecule has 3 aromatic rings. The summed E-state index contributed by atoms with van der Waals surface area (Å²) in [4.78, 5) is 0. The van der Waals surface area contributed by atoms with Gasteiger partial charge in [-0.15, -0.1) is 11.3 Å². The Morgan fingerprint density at radius 3 is 3.14 bits per heavy atom. The number of fused-ring (bicyclic) bond motifs is 2. The van der Waals surface area contributed by atoms with Crippen LogP contribution in [0.3, 0.4) is 0 Å². The first-order chi connectivity index (χ1) is 10.3. The molecule has 1 atom stereocenters. The van der Waals surface area contributed by atoms with E-state index in [1.807, 2.05) is 17.0 Å². The Morgan fingerprint density at radius 2 is 2.38 bits per heavy atom. The molecule has 0 bridgehead atoms. The van der Waals surface area contributed by atoms with Gasteiger partial charge in [-0.25, -0.2) is 4.68 Å². The van der Waals surface area contributed by atoms with Crippen molar-refractivity contribution in [1.82, 2.24) is 9.78 Å². The van der Waals surface area contributed by atoms with Gasteiger partial charge in [-0.05, 0) is 36.3 Å². The van der Waals surface area contributed by atoms with Crippen LogP contribution in [0.4, 0.5) is 0 Å². The first-order valence-electron chi connectivity index (χ1n) is 7.10.